The van der Waals surface area contributed by atoms with Crippen molar-refractivity contribution in [1.29, 1.82) is 0 Å². The molecule has 2 aromatic carbocycles. The Morgan fingerprint density at radius 3 is 2.32 bits per heavy atom. The number of nitrogens with zero attached hydrogens (tertiary/aromatic N) is 1. The number of benzene rings is 2. The van der Waals surface area contributed by atoms with Gasteiger partial charge in [0.05, 0.1) is 32.4 Å². The Bertz CT molecular complexity index is 996. The SMILES string of the molecule is CCOc1ccc([C@H]2C(C(C)=O)=C(O)C(=O)N2CCc2ccc(OC)c(OC)c2)cc1. The largest absolute Gasteiger partial charge is 0.503 e. The summed E-state index contributed by atoms with van der Waals surface area (Å²) in [6.45, 7) is 4.11. The summed E-state index contributed by atoms with van der Waals surface area (Å²) in [6.07, 6.45) is 0.512. The van der Waals surface area contributed by atoms with Gasteiger partial charge in [0.1, 0.15) is 5.75 Å². The Balaban J connectivity index is 1.88. The van der Waals surface area contributed by atoms with Crippen LogP contribution in [-0.4, -0.2) is 49.1 Å². The summed E-state index contributed by atoms with van der Waals surface area (Å²) < 4.78 is 16.1. The first kappa shape index (κ1) is 22.2. The number of hydrogen-bond donors (Lipinski definition) is 1. The Labute approximate surface area is 181 Å². The molecule has 1 heterocycles. The van der Waals surface area contributed by atoms with E-state index >= 15 is 0 Å². The first-order valence-electron chi connectivity index (χ1n) is 10.1. The molecule has 0 unspecified atom stereocenters. The summed E-state index contributed by atoms with van der Waals surface area (Å²) in [5.41, 5.74) is 1.78. The minimum atomic E-state index is -0.652. The van der Waals surface area contributed by atoms with E-state index in [0.29, 0.717) is 36.8 Å². The van der Waals surface area contributed by atoms with Gasteiger partial charge in [-0.25, -0.2) is 0 Å². The van der Waals surface area contributed by atoms with Gasteiger partial charge in [0.25, 0.3) is 5.91 Å². The number of methoxy groups -OCH3 is 2. The van der Waals surface area contributed by atoms with E-state index in [0.717, 1.165) is 11.1 Å². The summed E-state index contributed by atoms with van der Waals surface area (Å²) in [7, 11) is 3.13. The third kappa shape index (κ3) is 4.50. The summed E-state index contributed by atoms with van der Waals surface area (Å²) in [6, 6.07) is 12.1. The maximum Gasteiger partial charge on any atom is 0.290 e. The second-order valence-corrected chi connectivity index (χ2v) is 7.16. The molecule has 31 heavy (non-hydrogen) atoms. The average molecular weight is 425 g/mol. The van der Waals surface area contributed by atoms with Crippen LogP contribution in [0.1, 0.15) is 31.0 Å². The molecule has 1 aliphatic heterocycles. The van der Waals surface area contributed by atoms with Crippen molar-refractivity contribution < 1.29 is 28.9 Å². The van der Waals surface area contributed by atoms with Crippen LogP contribution in [0.25, 0.3) is 0 Å². The minimum absolute atomic E-state index is 0.112. The van der Waals surface area contributed by atoms with Crippen molar-refractivity contribution in [3.63, 3.8) is 0 Å². The molecule has 1 aliphatic rings. The van der Waals surface area contributed by atoms with Gasteiger partial charge in [-0.15, -0.1) is 0 Å². The lowest BCUT2D eigenvalue weighted by atomic mass is 9.96. The first-order valence-corrected chi connectivity index (χ1v) is 10.1. The average Bonchev–Trinajstić information content (AvgIpc) is 3.03. The van der Waals surface area contributed by atoms with E-state index in [2.05, 4.69) is 0 Å². The molecule has 1 N–H and O–H groups in total. The Morgan fingerprint density at radius 2 is 1.74 bits per heavy atom. The lowest BCUT2D eigenvalue weighted by molar-refractivity contribution is -0.129. The fourth-order valence-electron chi connectivity index (χ4n) is 3.79. The fraction of sp³-hybridized carbons (Fsp3) is 0.333. The van der Waals surface area contributed by atoms with Crippen LogP contribution in [0.5, 0.6) is 17.2 Å². The number of rotatable bonds is 9. The standard InChI is InChI=1S/C24H27NO6/c1-5-31-18-9-7-17(8-10-18)22-21(15(2)26)23(27)24(28)25(22)13-12-16-6-11-19(29-3)20(14-16)30-4/h6-11,14,22,27H,5,12-13H2,1-4H3/t22-/m0/s1. The van der Waals surface area contributed by atoms with Crippen molar-refractivity contribution in [1.82, 2.24) is 4.90 Å². The normalized spacial score (nSPS) is 15.9. The van der Waals surface area contributed by atoms with E-state index < -0.39 is 17.7 Å². The molecule has 2 aromatic rings. The highest BCUT2D eigenvalue weighted by atomic mass is 16.5. The van der Waals surface area contributed by atoms with Crippen LogP contribution in [0.4, 0.5) is 0 Å². The summed E-state index contributed by atoms with van der Waals surface area (Å²) in [4.78, 5) is 26.6. The lowest BCUT2D eigenvalue weighted by Crippen LogP contribution is -2.32. The highest BCUT2D eigenvalue weighted by Gasteiger charge is 2.42. The van der Waals surface area contributed by atoms with Crippen LogP contribution in [0, 0.1) is 0 Å². The molecule has 3 rings (SSSR count). The van der Waals surface area contributed by atoms with Gasteiger partial charge in [0.15, 0.2) is 23.0 Å². The molecule has 0 spiro atoms. The molecule has 0 saturated carbocycles. The van der Waals surface area contributed by atoms with Gasteiger partial charge in [-0.05, 0) is 55.7 Å². The van der Waals surface area contributed by atoms with Crippen LogP contribution < -0.4 is 14.2 Å². The van der Waals surface area contributed by atoms with Crippen LogP contribution in [0.3, 0.4) is 0 Å². The van der Waals surface area contributed by atoms with Gasteiger partial charge in [-0.2, -0.15) is 0 Å². The number of ketones is 1. The number of carbonyl (C=O) groups excluding carboxylic acids is 2. The van der Waals surface area contributed by atoms with Gasteiger partial charge in [-0.1, -0.05) is 18.2 Å². The second-order valence-electron chi connectivity index (χ2n) is 7.16. The third-order valence-corrected chi connectivity index (χ3v) is 5.28. The van der Waals surface area contributed by atoms with E-state index in [-0.39, 0.29) is 11.4 Å². The number of Topliss-reactive ketones (excluding diaryl/α,β-unsaturated/α-hetero) is 1. The lowest BCUT2D eigenvalue weighted by Gasteiger charge is -2.27. The third-order valence-electron chi connectivity index (χ3n) is 5.28. The summed E-state index contributed by atoms with van der Waals surface area (Å²) in [5, 5.41) is 10.4. The molecule has 0 aromatic heterocycles. The van der Waals surface area contributed by atoms with Crippen LogP contribution in [0.15, 0.2) is 53.8 Å². The Morgan fingerprint density at radius 1 is 1.06 bits per heavy atom. The van der Waals surface area contributed by atoms with Crippen molar-refractivity contribution >= 4 is 11.7 Å². The smallest absolute Gasteiger partial charge is 0.290 e. The Kier molecular flexibility index (Phi) is 6.84. The highest BCUT2D eigenvalue weighted by Crippen LogP contribution is 2.38. The monoisotopic (exact) mass is 425 g/mol. The maximum absolute atomic E-state index is 12.8. The van der Waals surface area contributed by atoms with E-state index in [1.165, 1.54) is 11.8 Å². The van der Waals surface area contributed by atoms with Crippen LogP contribution in [-0.2, 0) is 16.0 Å². The van der Waals surface area contributed by atoms with Gasteiger partial charge in [-0.3, -0.25) is 9.59 Å². The van der Waals surface area contributed by atoms with Gasteiger partial charge in [0.2, 0.25) is 0 Å². The molecule has 164 valence electrons. The number of aliphatic hydroxyl groups excluding tert-OH is 1. The fourth-order valence-corrected chi connectivity index (χ4v) is 3.79. The summed E-state index contributed by atoms with van der Waals surface area (Å²) >= 11 is 0. The number of hydrogen-bond acceptors (Lipinski definition) is 6. The predicted octanol–water partition coefficient (Wildman–Crippen LogP) is 3.63. The van der Waals surface area contributed by atoms with Gasteiger partial charge >= 0.3 is 0 Å². The van der Waals surface area contributed by atoms with Crippen LogP contribution >= 0.6 is 0 Å². The molecule has 1 atom stereocenters. The van der Waals surface area contributed by atoms with Crippen molar-refractivity contribution in [2.45, 2.75) is 26.3 Å². The zero-order valence-electron chi connectivity index (χ0n) is 18.2. The first-order chi connectivity index (χ1) is 14.9. The van der Waals surface area contributed by atoms with Crippen LogP contribution in [0.2, 0.25) is 0 Å². The predicted molar refractivity (Wildman–Crippen MR) is 116 cm³/mol. The van der Waals surface area contributed by atoms with Crippen molar-refractivity contribution in [3.8, 4) is 17.2 Å². The number of aliphatic hydroxyl groups is 1. The van der Waals surface area contributed by atoms with E-state index in [9.17, 15) is 14.7 Å². The quantitative estimate of drug-likeness (QED) is 0.660. The van der Waals surface area contributed by atoms with E-state index in [1.54, 1.807) is 32.4 Å². The zero-order chi connectivity index (χ0) is 22.5. The zero-order valence-corrected chi connectivity index (χ0v) is 18.2. The molecule has 0 fully saturated rings. The molecule has 0 radical (unpaired) electrons. The van der Waals surface area contributed by atoms with Gasteiger partial charge < -0.3 is 24.2 Å². The highest BCUT2D eigenvalue weighted by molar-refractivity contribution is 6.08. The van der Waals surface area contributed by atoms with E-state index in [4.69, 9.17) is 14.2 Å². The molecule has 0 bridgehead atoms. The minimum Gasteiger partial charge on any atom is -0.503 e. The number of ether oxygens (including phenoxy) is 3. The summed E-state index contributed by atoms with van der Waals surface area (Å²) in [5.74, 6) is 0.543. The molecule has 0 saturated heterocycles. The topological polar surface area (TPSA) is 85.3 Å². The molecule has 7 heteroatoms. The maximum atomic E-state index is 12.8. The molecule has 0 aliphatic carbocycles. The van der Waals surface area contributed by atoms with Crippen molar-refractivity contribution in [3.05, 3.63) is 64.9 Å². The Hall–Kier alpha value is -3.48. The molecular formula is C24H27NO6. The van der Waals surface area contributed by atoms with Gasteiger partial charge in [0, 0.05) is 6.54 Å². The number of amides is 1. The number of carbonyl (C=O) groups is 2. The van der Waals surface area contributed by atoms with Crippen molar-refractivity contribution in [2.24, 2.45) is 0 Å². The molecule has 1 amide bonds. The molecule has 7 nitrogen and oxygen atoms in total. The molecular weight excluding hydrogens is 398 g/mol. The second kappa shape index (κ2) is 9.55. The van der Waals surface area contributed by atoms with Crippen molar-refractivity contribution in [2.75, 3.05) is 27.4 Å². The van der Waals surface area contributed by atoms with E-state index in [1.807, 2.05) is 31.2 Å².